The van der Waals surface area contributed by atoms with Crippen LogP contribution < -0.4 is 0 Å². The zero-order valence-corrected chi connectivity index (χ0v) is 23.5. The quantitative estimate of drug-likeness (QED) is 0.380. The van der Waals surface area contributed by atoms with Crippen LogP contribution in [0.4, 0.5) is 11.4 Å². The molecular formula is C25H42N6O6. The van der Waals surface area contributed by atoms with Crippen molar-refractivity contribution in [3.05, 3.63) is 45.0 Å². The molecule has 4 rings (SSSR count). The molecule has 2 aliphatic rings. The molecule has 0 radical (unpaired) electrons. The van der Waals surface area contributed by atoms with Gasteiger partial charge in [-0.05, 0) is 87.0 Å². The molecule has 0 amide bonds. The van der Waals surface area contributed by atoms with E-state index >= 15 is 0 Å². The summed E-state index contributed by atoms with van der Waals surface area (Å²) < 4.78 is 13.6. The van der Waals surface area contributed by atoms with E-state index in [0.717, 1.165) is 25.0 Å². The molecule has 4 heterocycles. The number of aromatic nitrogens is 4. The first kappa shape index (κ1) is 30.4. The Bertz CT molecular complexity index is 1010. The summed E-state index contributed by atoms with van der Waals surface area (Å²) in [7, 11) is 0. The Kier molecular flexibility index (Phi) is 9.24. The molecule has 208 valence electrons. The number of nitrogens with zero attached hydrogens (tertiary/aromatic N) is 5. The van der Waals surface area contributed by atoms with Gasteiger partial charge >= 0.3 is 11.4 Å². The molecular weight excluding hydrogens is 480 g/mol. The molecule has 0 aromatic carbocycles. The van der Waals surface area contributed by atoms with E-state index in [1.165, 1.54) is 31.4 Å². The molecule has 2 fully saturated rings. The summed E-state index contributed by atoms with van der Waals surface area (Å²) >= 11 is 0. The first-order valence-corrected chi connectivity index (χ1v) is 12.5. The Morgan fingerprint density at radius 1 is 0.838 bits per heavy atom. The summed E-state index contributed by atoms with van der Waals surface area (Å²) in [5.74, 6) is 0.800. The van der Waals surface area contributed by atoms with Gasteiger partial charge in [-0.25, -0.2) is 0 Å². The molecule has 0 saturated carbocycles. The van der Waals surface area contributed by atoms with Gasteiger partial charge in [-0.1, -0.05) is 6.92 Å². The maximum absolute atomic E-state index is 10.7. The lowest BCUT2D eigenvalue weighted by molar-refractivity contribution is -0.385. The standard InChI is InChI=1S/C12H19N3O3.C10H20O.C3H3N3O2/c1-11(2)5-9(6-12(3,4)18-11)14-8-10(7-13-14)15(16)17;1-8-6-9(2,3)11-10(4,5)7-8;7-6(8)3-1-4-5-2-3/h7-9H,5-6H2,1-4H3;8H,6-7H2,1-5H3;1-2H,(H,4,5). The lowest BCUT2D eigenvalue weighted by Crippen LogP contribution is -2.45. The third-order valence-corrected chi connectivity index (χ3v) is 6.11. The molecule has 2 aliphatic heterocycles. The van der Waals surface area contributed by atoms with E-state index in [1.807, 2.05) is 27.7 Å². The zero-order valence-electron chi connectivity index (χ0n) is 23.5. The van der Waals surface area contributed by atoms with Crippen molar-refractivity contribution in [2.24, 2.45) is 5.92 Å². The molecule has 0 aliphatic carbocycles. The second kappa shape index (κ2) is 11.3. The number of nitrogens with one attached hydrogen (secondary N) is 1. The zero-order chi connectivity index (χ0) is 28.2. The van der Waals surface area contributed by atoms with Gasteiger partial charge in [0, 0.05) is 0 Å². The smallest absolute Gasteiger partial charge is 0.307 e. The van der Waals surface area contributed by atoms with Crippen molar-refractivity contribution >= 4 is 11.4 Å². The van der Waals surface area contributed by atoms with Gasteiger partial charge in [-0.3, -0.25) is 30.0 Å². The summed E-state index contributed by atoms with van der Waals surface area (Å²) in [6.07, 6.45) is 9.16. The van der Waals surface area contributed by atoms with Crippen LogP contribution in [0.3, 0.4) is 0 Å². The van der Waals surface area contributed by atoms with E-state index < -0.39 is 9.85 Å². The Morgan fingerprint density at radius 2 is 1.30 bits per heavy atom. The molecule has 0 bridgehead atoms. The number of rotatable bonds is 3. The monoisotopic (exact) mass is 522 g/mol. The lowest BCUT2D eigenvalue weighted by atomic mass is 9.82. The number of hydrogen-bond donors (Lipinski definition) is 1. The SMILES string of the molecule is CC1(C)CC(n2cc([N+](=O)[O-])cn2)CC(C)(C)O1.CC1CC(C)(C)OC(C)(C)C1.O=[N+]([O-])c1cn[nH]c1. The number of hydrogen-bond acceptors (Lipinski definition) is 8. The lowest BCUT2D eigenvalue weighted by Gasteiger charge is -2.45. The van der Waals surface area contributed by atoms with E-state index in [9.17, 15) is 20.2 Å². The van der Waals surface area contributed by atoms with Crippen LogP contribution in [0.1, 0.15) is 94.0 Å². The molecule has 2 saturated heterocycles. The first-order valence-electron chi connectivity index (χ1n) is 12.5. The topological polar surface area (TPSA) is 151 Å². The van der Waals surface area contributed by atoms with Gasteiger partial charge in [0.2, 0.25) is 0 Å². The second-order valence-electron chi connectivity index (χ2n) is 12.5. The van der Waals surface area contributed by atoms with Gasteiger partial charge in [0.1, 0.15) is 18.6 Å². The van der Waals surface area contributed by atoms with Crippen LogP contribution in [0, 0.1) is 26.1 Å². The summed E-state index contributed by atoms with van der Waals surface area (Å²) in [6.45, 7) is 19.2. The van der Waals surface area contributed by atoms with Crippen LogP contribution in [0.2, 0.25) is 0 Å². The highest BCUT2D eigenvalue weighted by Gasteiger charge is 2.40. The fourth-order valence-corrected chi connectivity index (χ4v) is 5.77. The van der Waals surface area contributed by atoms with Crippen LogP contribution in [-0.4, -0.2) is 52.2 Å². The third-order valence-electron chi connectivity index (χ3n) is 6.11. The number of H-pyrrole nitrogens is 1. The highest BCUT2D eigenvalue weighted by Crippen LogP contribution is 2.41. The minimum Gasteiger partial charge on any atom is -0.370 e. The van der Waals surface area contributed by atoms with Crippen molar-refractivity contribution in [2.45, 2.75) is 116 Å². The van der Waals surface area contributed by atoms with E-state index in [-0.39, 0.29) is 39.8 Å². The number of aromatic amines is 1. The van der Waals surface area contributed by atoms with E-state index in [0.29, 0.717) is 0 Å². The van der Waals surface area contributed by atoms with E-state index in [1.54, 1.807) is 4.68 Å². The first-order chi connectivity index (χ1) is 16.8. The summed E-state index contributed by atoms with van der Waals surface area (Å²) in [4.78, 5) is 19.6. The van der Waals surface area contributed by atoms with Gasteiger partial charge in [-0.15, -0.1) is 0 Å². The van der Waals surface area contributed by atoms with Crippen LogP contribution in [-0.2, 0) is 9.47 Å². The van der Waals surface area contributed by atoms with Gasteiger partial charge in [-0.2, -0.15) is 10.2 Å². The predicted molar refractivity (Wildman–Crippen MR) is 139 cm³/mol. The highest BCUT2D eigenvalue weighted by molar-refractivity contribution is 5.21. The Labute approximate surface area is 218 Å². The molecule has 2 aromatic rings. The fourth-order valence-electron chi connectivity index (χ4n) is 5.77. The fraction of sp³-hybridized carbons (Fsp3) is 0.760. The van der Waals surface area contributed by atoms with E-state index in [4.69, 9.17) is 9.47 Å². The predicted octanol–water partition coefficient (Wildman–Crippen LogP) is 6.01. The Balaban J connectivity index is 0.000000215. The molecule has 2 aromatic heterocycles. The highest BCUT2D eigenvalue weighted by atomic mass is 16.6. The Morgan fingerprint density at radius 3 is 1.62 bits per heavy atom. The normalized spacial score (nSPS) is 22.1. The van der Waals surface area contributed by atoms with Gasteiger partial charge in [0.25, 0.3) is 0 Å². The molecule has 0 atom stereocenters. The van der Waals surface area contributed by atoms with Gasteiger partial charge in [0.15, 0.2) is 0 Å². The average Bonchev–Trinajstić information content (AvgIpc) is 3.36. The molecule has 0 unspecified atom stereocenters. The van der Waals surface area contributed by atoms with Gasteiger partial charge < -0.3 is 9.47 Å². The maximum Gasteiger partial charge on any atom is 0.307 e. The van der Waals surface area contributed by atoms with Crippen LogP contribution >= 0.6 is 0 Å². The van der Waals surface area contributed by atoms with Crippen molar-refractivity contribution in [3.63, 3.8) is 0 Å². The summed E-state index contributed by atoms with van der Waals surface area (Å²) in [5, 5.41) is 30.3. The molecule has 12 nitrogen and oxygen atoms in total. The van der Waals surface area contributed by atoms with Crippen LogP contribution in [0.5, 0.6) is 0 Å². The minimum atomic E-state index is -0.510. The number of nitro groups is 2. The van der Waals surface area contributed by atoms with Crippen molar-refractivity contribution in [2.75, 3.05) is 0 Å². The van der Waals surface area contributed by atoms with Crippen molar-refractivity contribution < 1.29 is 19.3 Å². The summed E-state index contributed by atoms with van der Waals surface area (Å²) in [6, 6.07) is 0.137. The molecule has 0 spiro atoms. The average molecular weight is 523 g/mol. The minimum absolute atomic E-state index is 0.00926. The van der Waals surface area contributed by atoms with Crippen LogP contribution in [0.15, 0.2) is 24.8 Å². The molecule has 1 N–H and O–H groups in total. The van der Waals surface area contributed by atoms with Gasteiger partial charge in [0.05, 0.1) is 44.5 Å². The molecule has 37 heavy (non-hydrogen) atoms. The number of ether oxygens (including phenoxy) is 2. The largest absolute Gasteiger partial charge is 0.370 e. The second-order valence-corrected chi connectivity index (χ2v) is 12.5. The third kappa shape index (κ3) is 9.84. The molecule has 12 heteroatoms. The van der Waals surface area contributed by atoms with Crippen molar-refractivity contribution in [1.29, 1.82) is 0 Å². The summed E-state index contributed by atoms with van der Waals surface area (Å²) in [5.41, 5.74) is -0.287. The maximum atomic E-state index is 10.7. The van der Waals surface area contributed by atoms with Crippen LogP contribution in [0.25, 0.3) is 0 Å². The van der Waals surface area contributed by atoms with E-state index in [2.05, 4.69) is 49.9 Å². The Hall–Kier alpha value is -2.86. The van der Waals surface area contributed by atoms with Crippen molar-refractivity contribution in [1.82, 2.24) is 20.0 Å². The van der Waals surface area contributed by atoms with Crippen molar-refractivity contribution in [3.8, 4) is 0 Å².